The molecule has 0 fully saturated rings. The van der Waals surface area contributed by atoms with Crippen molar-refractivity contribution in [1.82, 2.24) is 0 Å². The Morgan fingerprint density at radius 2 is 1.83 bits per heavy atom. The lowest BCUT2D eigenvalue weighted by molar-refractivity contribution is -0.385. The molecule has 1 aromatic rings. The Bertz CT molecular complexity index is 645. The number of carbonyl (C=O) groups is 2. The minimum atomic E-state index is -2.73. The molecule has 8 heteroatoms. The molecule has 0 spiro atoms. The maximum atomic E-state index is 12.1. The number of rotatable bonds is 8. The van der Waals surface area contributed by atoms with Crippen molar-refractivity contribution >= 4 is 17.6 Å². The molecule has 0 heterocycles. The highest BCUT2D eigenvalue weighted by Gasteiger charge is 2.32. The van der Waals surface area contributed by atoms with Gasteiger partial charge >= 0.3 is 11.9 Å². The summed E-state index contributed by atoms with van der Waals surface area (Å²) in [7, 11) is 1.30. The van der Waals surface area contributed by atoms with Crippen LogP contribution in [0.25, 0.3) is 0 Å². The van der Waals surface area contributed by atoms with Crippen LogP contribution in [-0.4, -0.2) is 37.2 Å². The fourth-order valence-corrected chi connectivity index (χ4v) is 1.73. The smallest absolute Gasteiger partial charge is 0.320 e. The van der Waals surface area contributed by atoms with Gasteiger partial charge in [-0.1, -0.05) is 0 Å². The van der Waals surface area contributed by atoms with Crippen LogP contribution in [0.5, 0.6) is 5.75 Å². The topological polar surface area (TPSA) is 105 Å². The number of nitrogens with zero attached hydrogens (tertiary/aromatic N) is 1. The van der Waals surface area contributed by atoms with E-state index in [0.717, 1.165) is 12.1 Å². The Labute approximate surface area is 136 Å². The molecule has 0 aliphatic rings. The first-order valence-electron chi connectivity index (χ1n) is 7.86. The van der Waals surface area contributed by atoms with E-state index in [9.17, 15) is 19.7 Å². The number of nitro benzene ring substituents is 1. The summed E-state index contributed by atoms with van der Waals surface area (Å²) in [6, 6.07) is 3.41. The largest absolute Gasteiger partial charge is 0.497 e. The Morgan fingerprint density at radius 1 is 1.26 bits per heavy atom. The number of ether oxygens (including phenoxy) is 3. The quantitative estimate of drug-likeness (QED) is 0.311. The van der Waals surface area contributed by atoms with E-state index in [2.05, 4.69) is 0 Å². The van der Waals surface area contributed by atoms with E-state index in [1.54, 1.807) is 0 Å². The summed E-state index contributed by atoms with van der Waals surface area (Å²) in [5.74, 6) is -4.18. The predicted molar refractivity (Wildman–Crippen MR) is 80.1 cm³/mol. The number of methoxy groups -OCH3 is 1. The Kier molecular flexibility index (Phi) is 5.79. The summed E-state index contributed by atoms with van der Waals surface area (Å²) < 4.78 is 30.8. The van der Waals surface area contributed by atoms with E-state index in [-0.39, 0.29) is 19.0 Å². The molecular formula is C15H19NO7. The summed E-state index contributed by atoms with van der Waals surface area (Å²) in [5.41, 5.74) is -1.08. The molecule has 0 aromatic heterocycles. The zero-order valence-corrected chi connectivity index (χ0v) is 13.0. The minimum absolute atomic E-state index is 0.0878. The number of nitro groups is 1. The van der Waals surface area contributed by atoms with Crippen LogP contribution in [0.4, 0.5) is 5.69 Å². The Hall–Kier alpha value is -2.64. The van der Waals surface area contributed by atoms with Crippen molar-refractivity contribution in [3.05, 3.63) is 33.9 Å². The summed E-state index contributed by atoms with van der Waals surface area (Å²) >= 11 is 0. The molecular weight excluding hydrogens is 306 g/mol. The molecule has 0 saturated heterocycles. The van der Waals surface area contributed by atoms with E-state index in [1.807, 2.05) is 0 Å². The third kappa shape index (κ3) is 4.94. The van der Waals surface area contributed by atoms with Crippen molar-refractivity contribution < 1.29 is 31.5 Å². The summed E-state index contributed by atoms with van der Waals surface area (Å²) in [6.45, 7) is 2.81. The minimum Gasteiger partial charge on any atom is -0.497 e. The van der Waals surface area contributed by atoms with Crippen molar-refractivity contribution in [2.75, 3.05) is 20.3 Å². The summed E-state index contributed by atoms with van der Waals surface area (Å²) in [5, 5.41) is 11.3. The van der Waals surface area contributed by atoms with Gasteiger partial charge in [0.15, 0.2) is 5.92 Å². The number of hydrogen-bond acceptors (Lipinski definition) is 7. The normalized spacial score (nSPS) is 12.2. The van der Waals surface area contributed by atoms with Gasteiger partial charge in [-0.3, -0.25) is 19.7 Å². The highest BCUT2D eigenvalue weighted by Crippen LogP contribution is 2.27. The molecule has 126 valence electrons. The maximum Gasteiger partial charge on any atom is 0.320 e. The molecule has 0 N–H and O–H groups in total. The lowest BCUT2D eigenvalue weighted by atomic mass is 9.98. The van der Waals surface area contributed by atoms with Gasteiger partial charge in [-0.25, -0.2) is 0 Å². The fraction of sp³-hybridized carbons (Fsp3) is 0.467. The molecule has 23 heavy (non-hydrogen) atoms. The van der Waals surface area contributed by atoms with Gasteiger partial charge in [-0.2, -0.15) is 0 Å². The van der Waals surface area contributed by atoms with Crippen LogP contribution in [-0.2, 0) is 25.4 Å². The van der Waals surface area contributed by atoms with Crippen molar-refractivity contribution in [2.45, 2.75) is 20.2 Å². The first kappa shape index (κ1) is 15.3. The molecule has 0 radical (unpaired) electrons. The van der Waals surface area contributed by atoms with Gasteiger partial charge in [0.1, 0.15) is 5.75 Å². The second-order valence-corrected chi connectivity index (χ2v) is 4.22. The monoisotopic (exact) mass is 327 g/mol. The first-order valence-corrected chi connectivity index (χ1v) is 6.86. The van der Waals surface area contributed by atoms with Gasteiger partial charge in [0, 0.05) is 14.7 Å². The number of benzene rings is 1. The molecule has 0 aliphatic carbocycles. The Balaban J connectivity index is 3.49. The molecule has 0 saturated carbocycles. The van der Waals surface area contributed by atoms with Gasteiger partial charge < -0.3 is 14.2 Å². The highest BCUT2D eigenvalue weighted by atomic mass is 16.6. The second kappa shape index (κ2) is 8.72. The molecule has 8 nitrogen and oxygen atoms in total. The molecule has 0 unspecified atom stereocenters. The average Bonchev–Trinajstić information content (AvgIpc) is 2.54. The van der Waals surface area contributed by atoms with Crippen LogP contribution in [0.15, 0.2) is 18.2 Å². The average molecular weight is 327 g/mol. The van der Waals surface area contributed by atoms with Gasteiger partial charge in [0.25, 0.3) is 5.69 Å². The molecule has 1 aromatic carbocycles. The lowest BCUT2D eigenvalue weighted by Gasteiger charge is -2.14. The van der Waals surface area contributed by atoms with Crippen LogP contribution in [0.3, 0.4) is 0 Å². The van der Waals surface area contributed by atoms with Crippen LogP contribution in [0.1, 0.15) is 22.2 Å². The number of esters is 2. The van der Waals surface area contributed by atoms with E-state index in [0.29, 0.717) is 0 Å². The van der Waals surface area contributed by atoms with Gasteiger partial charge in [0.2, 0.25) is 0 Å². The van der Waals surface area contributed by atoms with Crippen molar-refractivity contribution in [2.24, 2.45) is 5.92 Å². The lowest BCUT2D eigenvalue weighted by Crippen LogP contribution is -2.30. The standard InChI is InChI=1S/C15H19NO7/c1-4-22-14(17)12(15(18)23-5-2)8-10-6-7-11(21-3)9-13(10)16(19)20/h6-7,9,12H,4-5,8H2,1-3H3/i8D2. The van der Waals surface area contributed by atoms with Gasteiger partial charge in [-0.05, 0) is 26.0 Å². The molecule has 0 atom stereocenters. The zero-order chi connectivity index (χ0) is 19.2. The van der Waals surface area contributed by atoms with Crippen LogP contribution < -0.4 is 4.74 Å². The van der Waals surface area contributed by atoms with Gasteiger partial charge in [-0.15, -0.1) is 0 Å². The predicted octanol–water partition coefficient (Wildman–Crippen LogP) is 1.89. The fourth-order valence-electron chi connectivity index (χ4n) is 1.73. The molecule has 1 rings (SSSR count). The zero-order valence-electron chi connectivity index (χ0n) is 15.0. The van der Waals surface area contributed by atoms with Crippen molar-refractivity contribution in [3.8, 4) is 5.75 Å². The van der Waals surface area contributed by atoms with Crippen molar-refractivity contribution in [1.29, 1.82) is 0 Å². The van der Waals surface area contributed by atoms with E-state index in [4.69, 9.17) is 17.0 Å². The highest BCUT2D eigenvalue weighted by molar-refractivity contribution is 5.95. The molecule has 0 bridgehead atoms. The van der Waals surface area contributed by atoms with Crippen molar-refractivity contribution in [3.63, 3.8) is 0 Å². The van der Waals surface area contributed by atoms with Crippen LogP contribution in [0, 0.1) is 16.0 Å². The van der Waals surface area contributed by atoms with E-state index < -0.39 is 40.4 Å². The Morgan fingerprint density at radius 3 is 2.26 bits per heavy atom. The second-order valence-electron chi connectivity index (χ2n) is 4.22. The van der Waals surface area contributed by atoms with Gasteiger partial charge in [0.05, 0.1) is 31.3 Å². The summed E-state index contributed by atoms with van der Waals surface area (Å²) in [4.78, 5) is 34.7. The third-order valence-electron chi connectivity index (χ3n) is 2.75. The van der Waals surface area contributed by atoms with Crippen LogP contribution in [0.2, 0.25) is 0 Å². The van der Waals surface area contributed by atoms with E-state index in [1.165, 1.54) is 27.0 Å². The molecule has 0 aliphatic heterocycles. The number of carbonyl (C=O) groups excluding carboxylic acids is 2. The summed E-state index contributed by atoms with van der Waals surface area (Å²) in [6.07, 6.45) is -2.73. The third-order valence-corrected chi connectivity index (χ3v) is 2.75. The molecule has 0 amide bonds. The van der Waals surface area contributed by atoms with E-state index >= 15 is 0 Å². The first-order chi connectivity index (χ1) is 11.7. The maximum absolute atomic E-state index is 12.1. The van der Waals surface area contributed by atoms with Crippen LogP contribution >= 0.6 is 0 Å². The number of hydrogen-bond donors (Lipinski definition) is 0. The SMILES string of the molecule is [2H]C([2H])(c1ccc(OC)cc1[N+](=O)[O-])C(C(=O)OCC)C(=O)OCC.